The van der Waals surface area contributed by atoms with Crippen molar-refractivity contribution in [3.8, 4) is 5.75 Å². The summed E-state index contributed by atoms with van der Waals surface area (Å²) < 4.78 is 7.70. The highest BCUT2D eigenvalue weighted by Gasteiger charge is 2.17. The molecule has 2 aromatic heterocycles. The van der Waals surface area contributed by atoms with Gasteiger partial charge < -0.3 is 19.5 Å². The number of para-hydroxylation sites is 1. The van der Waals surface area contributed by atoms with Gasteiger partial charge in [-0.25, -0.2) is 14.8 Å². The van der Waals surface area contributed by atoms with Crippen LogP contribution in [0.5, 0.6) is 5.75 Å². The third-order valence-corrected chi connectivity index (χ3v) is 4.63. The van der Waals surface area contributed by atoms with Crippen LogP contribution in [-0.4, -0.2) is 38.6 Å². The predicted molar refractivity (Wildman–Crippen MR) is 113 cm³/mol. The molecule has 0 unspecified atom stereocenters. The average Bonchev–Trinajstić information content (AvgIpc) is 3.24. The fourth-order valence-electron chi connectivity index (χ4n) is 2.93. The lowest BCUT2D eigenvalue weighted by molar-refractivity contribution is 0.206. The zero-order chi connectivity index (χ0) is 20.5. The van der Waals surface area contributed by atoms with Gasteiger partial charge in [-0.1, -0.05) is 29.8 Å². The molecule has 3 rings (SSSR count). The molecule has 8 heteroatoms. The molecule has 0 aliphatic carbocycles. The van der Waals surface area contributed by atoms with Gasteiger partial charge in [0, 0.05) is 37.2 Å². The molecule has 1 aromatic carbocycles. The number of aromatic nitrogens is 3. The standard InChI is InChI=1S/C21H24ClN5O2/c1-2-29-19-9-4-3-7-17(19)15-27(13-6-12-26-14-11-23-16-26)21(28)25-18-8-5-10-24-20(18)22/h3-5,7-11,14,16H,2,6,12-13,15H2,1H3,(H,25,28). The van der Waals surface area contributed by atoms with Gasteiger partial charge in [0.15, 0.2) is 5.15 Å². The summed E-state index contributed by atoms with van der Waals surface area (Å²) >= 11 is 6.10. The SMILES string of the molecule is CCOc1ccccc1CN(CCCn1ccnc1)C(=O)Nc1cccnc1Cl. The third kappa shape index (κ3) is 5.96. The molecule has 3 aromatic rings. The van der Waals surface area contributed by atoms with Gasteiger partial charge in [-0.15, -0.1) is 0 Å². The van der Waals surface area contributed by atoms with E-state index in [1.807, 2.05) is 42.0 Å². The summed E-state index contributed by atoms with van der Waals surface area (Å²) in [5.41, 5.74) is 1.43. The Morgan fingerprint density at radius 3 is 2.86 bits per heavy atom. The van der Waals surface area contributed by atoms with Crippen LogP contribution in [0.2, 0.25) is 5.15 Å². The molecule has 0 atom stereocenters. The topological polar surface area (TPSA) is 72.3 Å². The number of ether oxygens (including phenoxy) is 1. The molecule has 0 aliphatic rings. The number of nitrogens with one attached hydrogen (secondary N) is 1. The summed E-state index contributed by atoms with van der Waals surface area (Å²) in [4.78, 5) is 22.8. The molecular formula is C21H24ClN5O2. The van der Waals surface area contributed by atoms with E-state index in [2.05, 4.69) is 15.3 Å². The molecule has 2 heterocycles. The van der Waals surface area contributed by atoms with Crippen LogP contribution in [0.1, 0.15) is 18.9 Å². The van der Waals surface area contributed by atoms with Crippen LogP contribution >= 0.6 is 11.6 Å². The van der Waals surface area contributed by atoms with Gasteiger partial charge in [0.1, 0.15) is 5.75 Å². The highest BCUT2D eigenvalue weighted by molar-refractivity contribution is 6.32. The highest BCUT2D eigenvalue weighted by atomic mass is 35.5. The Labute approximate surface area is 175 Å². The Morgan fingerprint density at radius 1 is 1.24 bits per heavy atom. The fraction of sp³-hybridized carbons (Fsp3) is 0.286. The van der Waals surface area contributed by atoms with Crippen molar-refractivity contribution in [2.45, 2.75) is 26.4 Å². The first-order valence-corrected chi connectivity index (χ1v) is 9.88. The monoisotopic (exact) mass is 413 g/mol. The van der Waals surface area contributed by atoms with E-state index < -0.39 is 0 Å². The third-order valence-electron chi connectivity index (χ3n) is 4.33. The molecule has 0 fully saturated rings. The highest BCUT2D eigenvalue weighted by Crippen LogP contribution is 2.22. The summed E-state index contributed by atoms with van der Waals surface area (Å²) in [6, 6.07) is 11.0. The Kier molecular flexibility index (Phi) is 7.47. The Balaban J connectivity index is 1.73. The molecule has 0 saturated heterocycles. The molecule has 0 aliphatic heterocycles. The van der Waals surface area contributed by atoms with E-state index in [1.165, 1.54) is 0 Å². The van der Waals surface area contributed by atoms with Gasteiger partial charge >= 0.3 is 6.03 Å². The van der Waals surface area contributed by atoms with E-state index >= 15 is 0 Å². The largest absolute Gasteiger partial charge is 0.494 e. The number of hydrogen-bond acceptors (Lipinski definition) is 4. The Bertz CT molecular complexity index is 917. The zero-order valence-electron chi connectivity index (χ0n) is 16.3. The van der Waals surface area contributed by atoms with Gasteiger partial charge in [0.25, 0.3) is 0 Å². The van der Waals surface area contributed by atoms with Crippen molar-refractivity contribution in [3.05, 3.63) is 72.0 Å². The first-order valence-electron chi connectivity index (χ1n) is 9.50. The molecule has 2 amide bonds. The predicted octanol–water partition coefficient (Wildman–Crippen LogP) is 4.45. The summed E-state index contributed by atoms with van der Waals surface area (Å²) in [6.07, 6.45) is 7.78. The molecular weight excluding hydrogens is 390 g/mol. The number of carbonyl (C=O) groups excluding carboxylic acids is 1. The first-order chi connectivity index (χ1) is 14.2. The van der Waals surface area contributed by atoms with Crippen molar-refractivity contribution in [3.63, 3.8) is 0 Å². The lowest BCUT2D eigenvalue weighted by Gasteiger charge is -2.24. The second-order valence-electron chi connectivity index (χ2n) is 6.39. The lowest BCUT2D eigenvalue weighted by atomic mass is 10.2. The van der Waals surface area contributed by atoms with Gasteiger partial charge in [0.05, 0.1) is 25.2 Å². The van der Waals surface area contributed by atoms with Crippen LogP contribution in [0, 0.1) is 0 Å². The van der Waals surface area contributed by atoms with E-state index in [0.717, 1.165) is 24.3 Å². The molecule has 0 bridgehead atoms. The number of imidazole rings is 1. The number of nitrogens with zero attached hydrogens (tertiary/aromatic N) is 4. The number of amides is 2. The summed E-state index contributed by atoms with van der Waals surface area (Å²) in [7, 11) is 0. The average molecular weight is 414 g/mol. The smallest absolute Gasteiger partial charge is 0.322 e. The second kappa shape index (κ2) is 10.5. The molecule has 29 heavy (non-hydrogen) atoms. The Morgan fingerprint density at radius 2 is 2.10 bits per heavy atom. The number of anilines is 1. The number of rotatable bonds is 9. The first kappa shape index (κ1) is 20.7. The summed E-state index contributed by atoms with van der Waals surface area (Å²) in [5, 5.41) is 3.12. The molecule has 0 radical (unpaired) electrons. The maximum Gasteiger partial charge on any atom is 0.322 e. The molecule has 0 saturated carbocycles. The van der Waals surface area contributed by atoms with Crippen LogP contribution in [-0.2, 0) is 13.1 Å². The van der Waals surface area contributed by atoms with Crippen LogP contribution < -0.4 is 10.1 Å². The van der Waals surface area contributed by atoms with Crippen molar-refractivity contribution >= 4 is 23.3 Å². The quantitative estimate of drug-likeness (QED) is 0.526. The number of halogens is 1. The van der Waals surface area contributed by atoms with Gasteiger partial charge in [0.2, 0.25) is 0 Å². The molecule has 1 N–H and O–H groups in total. The minimum absolute atomic E-state index is 0.239. The van der Waals surface area contributed by atoms with E-state index in [-0.39, 0.29) is 11.2 Å². The second-order valence-corrected chi connectivity index (χ2v) is 6.75. The van der Waals surface area contributed by atoms with E-state index in [1.54, 1.807) is 35.8 Å². The molecule has 152 valence electrons. The summed E-state index contributed by atoms with van der Waals surface area (Å²) in [5.74, 6) is 0.779. The van der Waals surface area contributed by atoms with Crippen molar-refractivity contribution in [2.24, 2.45) is 0 Å². The number of carbonyl (C=O) groups is 1. The lowest BCUT2D eigenvalue weighted by Crippen LogP contribution is -2.36. The Hall–Kier alpha value is -3.06. The number of hydrogen-bond donors (Lipinski definition) is 1. The number of urea groups is 1. The van der Waals surface area contributed by atoms with Crippen molar-refractivity contribution in [1.82, 2.24) is 19.4 Å². The number of benzene rings is 1. The van der Waals surface area contributed by atoms with E-state index in [0.29, 0.717) is 25.4 Å². The minimum atomic E-state index is -0.239. The maximum atomic E-state index is 13.0. The van der Waals surface area contributed by atoms with Crippen LogP contribution in [0.25, 0.3) is 0 Å². The maximum absolute atomic E-state index is 13.0. The van der Waals surface area contributed by atoms with E-state index in [4.69, 9.17) is 16.3 Å². The van der Waals surface area contributed by atoms with Crippen molar-refractivity contribution in [1.29, 1.82) is 0 Å². The van der Waals surface area contributed by atoms with Crippen LogP contribution in [0.3, 0.4) is 0 Å². The summed E-state index contributed by atoms with van der Waals surface area (Å²) in [6.45, 7) is 4.25. The van der Waals surface area contributed by atoms with Gasteiger partial charge in [-0.2, -0.15) is 0 Å². The van der Waals surface area contributed by atoms with Gasteiger partial charge in [-0.3, -0.25) is 0 Å². The van der Waals surface area contributed by atoms with Crippen LogP contribution in [0.4, 0.5) is 10.5 Å². The molecule has 0 spiro atoms. The minimum Gasteiger partial charge on any atom is -0.494 e. The number of aryl methyl sites for hydroxylation is 1. The van der Waals surface area contributed by atoms with Crippen molar-refractivity contribution < 1.29 is 9.53 Å². The number of pyridine rings is 1. The van der Waals surface area contributed by atoms with Gasteiger partial charge in [-0.05, 0) is 31.5 Å². The van der Waals surface area contributed by atoms with Crippen LogP contribution in [0.15, 0.2) is 61.3 Å². The molecule has 7 nitrogen and oxygen atoms in total. The van der Waals surface area contributed by atoms with Crippen molar-refractivity contribution in [2.75, 3.05) is 18.5 Å². The fourth-order valence-corrected chi connectivity index (χ4v) is 3.09. The normalized spacial score (nSPS) is 10.6. The zero-order valence-corrected chi connectivity index (χ0v) is 17.0. The van der Waals surface area contributed by atoms with E-state index in [9.17, 15) is 4.79 Å².